The fourth-order valence-electron chi connectivity index (χ4n) is 6.22. The Bertz CT molecular complexity index is 1750. The quantitative estimate of drug-likeness (QED) is 0.106. The molecule has 1 saturated heterocycles. The molecule has 51 heavy (non-hydrogen) atoms. The Hall–Kier alpha value is -4.51. The van der Waals surface area contributed by atoms with Crippen LogP contribution in [-0.2, 0) is 44.6 Å². The van der Waals surface area contributed by atoms with Gasteiger partial charge in [-0.1, -0.05) is 103 Å². The molecule has 4 aromatic rings. The van der Waals surface area contributed by atoms with Crippen molar-refractivity contribution in [3.05, 3.63) is 138 Å². The average Bonchev–Trinajstić information content (AvgIpc) is 3.19. The van der Waals surface area contributed by atoms with E-state index in [0.29, 0.717) is 6.42 Å². The van der Waals surface area contributed by atoms with E-state index in [0.717, 1.165) is 22.3 Å². The van der Waals surface area contributed by atoms with E-state index in [1.54, 1.807) is 41.0 Å². The van der Waals surface area contributed by atoms with Gasteiger partial charge in [0.25, 0.3) is 0 Å². The number of aliphatic hydroxyl groups excluding tert-OH is 2. The number of rotatable bonds is 15. The number of urea groups is 1. The summed E-state index contributed by atoms with van der Waals surface area (Å²) in [6, 6.07) is 33.6. The normalized spacial score (nSPS) is 21.0. The first kappa shape index (κ1) is 37.7. The fourth-order valence-corrected chi connectivity index (χ4v) is 7.17. The summed E-state index contributed by atoms with van der Waals surface area (Å²) in [7, 11) is -4.30. The Labute approximate surface area is 298 Å². The van der Waals surface area contributed by atoms with Gasteiger partial charge in [-0.25, -0.2) is 9.59 Å². The molecule has 0 aliphatic carbocycles. The molecule has 3 N–H and O–H groups in total. The van der Waals surface area contributed by atoms with Crippen LogP contribution in [0.25, 0.3) is 0 Å². The molecular formula is C39H45N2O9P. The van der Waals surface area contributed by atoms with Gasteiger partial charge in [0.15, 0.2) is 12.5 Å². The standard InChI is InChI=1S/C39H45N2O9P/c1-3-48-38(44)28(2)50-51(46,47)27-49-33-21-19-30(20-22-33)24-35-37(43)36(42)34(23-29-13-7-4-8-14-29)40(25-31-15-9-5-10-16-31)39(45)41(35)26-32-17-11-6-12-18-32/h4-22,28,34-37,42-43H,3,23-27H2,1-2H3,(H,46,47)/t28-,34+,35+,36-,37-/m0/s1. The number of ether oxygens (including phenoxy) is 2. The van der Waals surface area contributed by atoms with Crippen LogP contribution in [0.5, 0.6) is 5.75 Å². The summed E-state index contributed by atoms with van der Waals surface area (Å²) in [6.45, 7) is 3.50. The maximum Gasteiger partial charge on any atom is 0.366 e. The van der Waals surface area contributed by atoms with Crippen molar-refractivity contribution in [2.24, 2.45) is 0 Å². The summed E-state index contributed by atoms with van der Waals surface area (Å²) in [5.74, 6) is -0.479. The highest BCUT2D eigenvalue weighted by atomic mass is 31.2. The number of nitrogens with zero attached hydrogens (tertiary/aromatic N) is 2. The molecule has 1 aliphatic rings. The third-order valence-corrected chi connectivity index (χ3v) is 9.91. The maximum absolute atomic E-state index is 14.8. The van der Waals surface area contributed by atoms with Crippen LogP contribution < -0.4 is 4.74 Å². The molecule has 1 aliphatic heterocycles. The molecule has 1 heterocycles. The van der Waals surface area contributed by atoms with Gasteiger partial charge in [-0.15, -0.1) is 0 Å². The monoisotopic (exact) mass is 716 g/mol. The summed E-state index contributed by atoms with van der Waals surface area (Å²) in [6.07, 6.45) is -3.97. The first-order chi connectivity index (χ1) is 24.5. The van der Waals surface area contributed by atoms with E-state index >= 15 is 0 Å². The Kier molecular flexibility index (Phi) is 13.0. The van der Waals surface area contributed by atoms with E-state index in [1.165, 1.54) is 6.92 Å². The molecule has 5 rings (SSSR count). The van der Waals surface area contributed by atoms with Gasteiger partial charge < -0.3 is 34.4 Å². The van der Waals surface area contributed by atoms with E-state index < -0.39 is 50.3 Å². The Balaban J connectivity index is 1.40. The van der Waals surface area contributed by atoms with Crippen LogP contribution in [-0.4, -0.2) is 80.3 Å². The van der Waals surface area contributed by atoms with Crippen molar-refractivity contribution in [2.45, 2.75) is 70.2 Å². The van der Waals surface area contributed by atoms with E-state index in [1.807, 2.05) is 91.0 Å². The fraction of sp³-hybridized carbons (Fsp3) is 0.333. The van der Waals surface area contributed by atoms with Crippen LogP contribution in [0.2, 0.25) is 0 Å². The van der Waals surface area contributed by atoms with Crippen LogP contribution in [0.3, 0.4) is 0 Å². The zero-order valence-electron chi connectivity index (χ0n) is 28.7. The molecule has 6 atom stereocenters. The lowest BCUT2D eigenvalue weighted by molar-refractivity contribution is -0.150. The molecule has 0 spiro atoms. The van der Waals surface area contributed by atoms with E-state index in [4.69, 9.17) is 14.0 Å². The van der Waals surface area contributed by atoms with Gasteiger partial charge >= 0.3 is 19.6 Å². The summed E-state index contributed by atoms with van der Waals surface area (Å²) >= 11 is 0. The molecule has 1 unspecified atom stereocenters. The van der Waals surface area contributed by atoms with Crippen molar-refractivity contribution in [3.63, 3.8) is 0 Å². The van der Waals surface area contributed by atoms with Crippen molar-refractivity contribution in [1.29, 1.82) is 0 Å². The number of aliphatic hydroxyl groups is 2. The number of hydrogen-bond acceptors (Lipinski definition) is 8. The van der Waals surface area contributed by atoms with Crippen molar-refractivity contribution in [3.8, 4) is 5.75 Å². The lowest BCUT2D eigenvalue weighted by Crippen LogP contribution is -2.50. The second-order valence-electron chi connectivity index (χ2n) is 12.6. The third kappa shape index (κ3) is 10.3. The highest BCUT2D eigenvalue weighted by molar-refractivity contribution is 7.52. The van der Waals surface area contributed by atoms with Crippen LogP contribution in [0.4, 0.5) is 4.79 Å². The number of hydrogen-bond donors (Lipinski definition) is 3. The minimum absolute atomic E-state index is 0.111. The first-order valence-corrected chi connectivity index (χ1v) is 18.7. The Morgan fingerprint density at radius 1 is 0.725 bits per heavy atom. The first-order valence-electron chi connectivity index (χ1n) is 17.0. The Morgan fingerprint density at radius 2 is 1.16 bits per heavy atom. The highest BCUT2D eigenvalue weighted by Crippen LogP contribution is 2.43. The van der Waals surface area contributed by atoms with Crippen molar-refractivity contribution >= 4 is 19.6 Å². The maximum atomic E-state index is 14.8. The molecule has 0 bridgehead atoms. The number of benzene rings is 4. The zero-order valence-corrected chi connectivity index (χ0v) is 29.6. The summed E-state index contributed by atoms with van der Waals surface area (Å²) < 4.78 is 27.9. The van der Waals surface area contributed by atoms with Gasteiger partial charge in [0.05, 0.1) is 18.7 Å². The van der Waals surface area contributed by atoms with Gasteiger partial charge in [0, 0.05) is 13.1 Å². The molecule has 12 heteroatoms. The molecule has 1 fully saturated rings. The topological polar surface area (TPSA) is 146 Å². The summed E-state index contributed by atoms with van der Waals surface area (Å²) in [5.41, 5.74) is 3.43. The Morgan fingerprint density at radius 3 is 1.61 bits per heavy atom. The minimum Gasteiger partial charge on any atom is -0.481 e. The van der Waals surface area contributed by atoms with Crippen LogP contribution >= 0.6 is 7.60 Å². The molecule has 11 nitrogen and oxygen atoms in total. The lowest BCUT2D eigenvalue weighted by Gasteiger charge is -2.36. The van der Waals surface area contributed by atoms with Crippen molar-refractivity contribution in [1.82, 2.24) is 9.80 Å². The highest BCUT2D eigenvalue weighted by Gasteiger charge is 2.46. The smallest absolute Gasteiger partial charge is 0.366 e. The van der Waals surface area contributed by atoms with Crippen LogP contribution in [0.15, 0.2) is 115 Å². The molecular weight excluding hydrogens is 671 g/mol. The number of amides is 2. The molecule has 2 amide bonds. The lowest BCUT2D eigenvalue weighted by atomic mass is 9.91. The predicted molar refractivity (Wildman–Crippen MR) is 192 cm³/mol. The average molecular weight is 717 g/mol. The van der Waals surface area contributed by atoms with Crippen LogP contribution in [0, 0.1) is 0 Å². The van der Waals surface area contributed by atoms with Gasteiger partial charge in [-0.05, 0) is 61.1 Å². The minimum atomic E-state index is -4.30. The molecule has 4 aromatic carbocycles. The van der Waals surface area contributed by atoms with E-state index in [-0.39, 0.29) is 37.9 Å². The van der Waals surface area contributed by atoms with Gasteiger partial charge in [0.2, 0.25) is 0 Å². The summed E-state index contributed by atoms with van der Waals surface area (Å²) in [4.78, 5) is 40.1. The van der Waals surface area contributed by atoms with Crippen molar-refractivity contribution < 1.29 is 43.3 Å². The number of carbonyl (C=O) groups excluding carboxylic acids is 2. The molecule has 0 aromatic heterocycles. The van der Waals surface area contributed by atoms with Crippen LogP contribution in [0.1, 0.15) is 36.1 Å². The largest absolute Gasteiger partial charge is 0.481 e. The second kappa shape index (κ2) is 17.6. The zero-order chi connectivity index (χ0) is 36.4. The van der Waals surface area contributed by atoms with E-state index in [2.05, 4.69) is 0 Å². The van der Waals surface area contributed by atoms with Gasteiger partial charge in [-0.2, -0.15) is 0 Å². The molecule has 270 valence electrons. The second-order valence-corrected chi connectivity index (χ2v) is 14.3. The summed E-state index contributed by atoms with van der Waals surface area (Å²) in [5, 5.41) is 23.9. The van der Waals surface area contributed by atoms with Crippen molar-refractivity contribution in [2.75, 3.05) is 13.0 Å². The van der Waals surface area contributed by atoms with Gasteiger partial charge in [0.1, 0.15) is 18.0 Å². The SMILES string of the molecule is CCOC(=O)[C@H](C)OP(=O)(O)COc1ccc(C[C@@H]2[C@H](O)[C@@H](O)[C@@H](Cc3ccccc3)N(Cc3ccccc3)C(=O)N2Cc2ccccc2)cc1. The number of esters is 1. The van der Waals surface area contributed by atoms with Gasteiger partial charge in [-0.3, -0.25) is 9.09 Å². The number of carbonyl (C=O) groups is 2. The third-order valence-electron chi connectivity index (χ3n) is 8.81. The van der Waals surface area contributed by atoms with E-state index in [9.17, 15) is 29.3 Å². The predicted octanol–water partition coefficient (Wildman–Crippen LogP) is 5.56. The molecule has 0 radical (unpaired) electrons. The molecule has 0 saturated carbocycles.